The van der Waals surface area contributed by atoms with Crippen molar-refractivity contribution >= 4 is 17.3 Å². The first kappa shape index (κ1) is 13.6. The lowest BCUT2D eigenvalue weighted by Crippen LogP contribution is -2.28. The normalized spacial score (nSPS) is 9.56. The Labute approximate surface area is 102 Å². The summed E-state index contributed by atoms with van der Waals surface area (Å²) in [6, 6.07) is 2.98. The van der Waals surface area contributed by atoms with Crippen LogP contribution < -0.4 is 10.6 Å². The number of benzene rings is 1. The summed E-state index contributed by atoms with van der Waals surface area (Å²) in [5.41, 5.74) is -0.496. The van der Waals surface area contributed by atoms with Crippen LogP contribution in [0.3, 0.4) is 0 Å². The fourth-order valence-electron chi connectivity index (χ4n) is 1.16. The number of terminal acetylenes is 1. The first-order valence-corrected chi connectivity index (χ1v) is 4.92. The van der Waals surface area contributed by atoms with Gasteiger partial charge in [0.1, 0.15) is 0 Å². The fourth-order valence-corrected chi connectivity index (χ4v) is 1.16. The Balaban J connectivity index is 2.65. The predicted octanol–water partition coefficient (Wildman–Crippen LogP) is 0.895. The van der Waals surface area contributed by atoms with Gasteiger partial charge in [-0.3, -0.25) is 20.2 Å². The molecule has 0 radical (unpaired) electrons. The predicted molar refractivity (Wildman–Crippen MR) is 63.4 cm³/mol. The third-order valence-corrected chi connectivity index (χ3v) is 1.95. The third-order valence-electron chi connectivity index (χ3n) is 1.95. The molecule has 0 aliphatic heterocycles. The molecule has 94 valence electrons. The largest absolute Gasteiger partial charge is 0.322 e. The van der Waals surface area contributed by atoms with Crippen LogP contribution in [0.4, 0.5) is 15.8 Å². The average Bonchev–Trinajstić information content (AvgIpc) is 2.32. The molecule has 0 aliphatic rings. The Kier molecular flexibility index (Phi) is 4.78. The first-order chi connectivity index (χ1) is 8.54. The number of nitrogens with one attached hydrogen (secondary N) is 2. The number of carbonyl (C=O) groups excluding carboxylic acids is 1. The van der Waals surface area contributed by atoms with E-state index in [2.05, 4.69) is 16.6 Å². The molecule has 0 bridgehead atoms. The van der Waals surface area contributed by atoms with Crippen LogP contribution in [0.2, 0.25) is 0 Å². The molecule has 0 fully saturated rings. The number of nitro groups is 1. The van der Waals surface area contributed by atoms with Crippen LogP contribution in [-0.4, -0.2) is 23.9 Å². The first-order valence-electron chi connectivity index (χ1n) is 4.92. The van der Waals surface area contributed by atoms with Gasteiger partial charge in [0, 0.05) is 6.07 Å². The number of hydrogen-bond acceptors (Lipinski definition) is 4. The molecule has 0 atom stereocenters. The number of rotatable bonds is 5. The van der Waals surface area contributed by atoms with E-state index in [1.807, 2.05) is 0 Å². The molecular formula is C11H10FN3O3. The number of carbonyl (C=O) groups is 1. The Morgan fingerprint density at radius 2 is 2.28 bits per heavy atom. The molecule has 1 rings (SSSR count). The zero-order chi connectivity index (χ0) is 13.5. The lowest BCUT2D eigenvalue weighted by atomic mass is 10.2. The summed E-state index contributed by atoms with van der Waals surface area (Å²) in [5, 5.41) is 15.3. The number of halogens is 1. The van der Waals surface area contributed by atoms with Crippen LogP contribution in [0.15, 0.2) is 18.2 Å². The highest BCUT2D eigenvalue weighted by atomic mass is 19.1. The van der Waals surface area contributed by atoms with Crippen LogP contribution in [0.25, 0.3) is 0 Å². The lowest BCUT2D eigenvalue weighted by molar-refractivity contribution is -0.385. The van der Waals surface area contributed by atoms with Gasteiger partial charge in [-0.05, 0) is 6.07 Å². The van der Waals surface area contributed by atoms with E-state index in [9.17, 15) is 19.3 Å². The van der Waals surface area contributed by atoms with Crippen LogP contribution in [0, 0.1) is 28.3 Å². The summed E-state index contributed by atoms with van der Waals surface area (Å²) in [4.78, 5) is 21.0. The van der Waals surface area contributed by atoms with E-state index in [1.54, 1.807) is 0 Å². The minimum atomic E-state index is -0.866. The second kappa shape index (κ2) is 6.32. The molecule has 18 heavy (non-hydrogen) atoms. The van der Waals surface area contributed by atoms with Gasteiger partial charge in [0.25, 0.3) is 5.69 Å². The molecule has 0 heterocycles. The van der Waals surface area contributed by atoms with Crippen molar-refractivity contribution < 1.29 is 14.1 Å². The van der Waals surface area contributed by atoms with E-state index >= 15 is 0 Å². The topological polar surface area (TPSA) is 84.3 Å². The summed E-state index contributed by atoms with van der Waals surface area (Å²) in [6.45, 7) is 0.150. The van der Waals surface area contributed by atoms with Gasteiger partial charge in [0.05, 0.1) is 29.8 Å². The zero-order valence-electron chi connectivity index (χ0n) is 9.27. The molecule has 2 N–H and O–H groups in total. The lowest BCUT2D eigenvalue weighted by Gasteiger charge is -2.06. The highest BCUT2D eigenvalue weighted by molar-refractivity contribution is 5.92. The maximum Gasteiger partial charge on any atom is 0.272 e. The SMILES string of the molecule is C#CCNCC(=O)Nc1ccc([N+](=O)[O-])cc1F. The second-order valence-corrected chi connectivity index (χ2v) is 3.28. The van der Waals surface area contributed by atoms with E-state index in [1.165, 1.54) is 0 Å². The van der Waals surface area contributed by atoms with Crippen molar-refractivity contribution in [1.29, 1.82) is 0 Å². The monoisotopic (exact) mass is 251 g/mol. The van der Waals surface area contributed by atoms with Crippen molar-refractivity contribution in [1.82, 2.24) is 5.32 Å². The van der Waals surface area contributed by atoms with Gasteiger partial charge in [-0.2, -0.15) is 0 Å². The maximum atomic E-state index is 13.4. The number of anilines is 1. The second-order valence-electron chi connectivity index (χ2n) is 3.28. The molecule has 7 heteroatoms. The van der Waals surface area contributed by atoms with E-state index in [4.69, 9.17) is 6.42 Å². The van der Waals surface area contributed by atoms with E-state index in [0.29, 0.717) is 0 Å². The van der Waals surface area contributed by atoms with Gasteiger partial charge >= 0.3 is 0 Å². The molecule has 1 amide bonds. The highest BCUT2D eigenvalue weighted by Crippen LogP contribution is 2.20. The summed E-state index contributed by atoms with van der Waals surface area (Å²) >= 11 is 0. The molecule has 0 saturated carbocycles. The number of nitrogens with zero attached hydrogens (tertiary/aromatic N) is 1. The zero-order valence-corrected chi connectivity index (χ0v) is 9.27. The van der Waals surface area contributed by atoms with Crippen molar-refractivity contribution in [3.63, 3.8) is 0 Å². The third kappa shape index (κ3) is 3.84. The van der Waals surface area contributed by atoms with Crippen molar-refractivity contribution in [2.24, 2.45) is 0 Å². The number of nitro benzene ring substituents is 1. The Bertz CT molecular complexity index is 511. The molecule has 0 unspecified atom stereocenters. The van der Waals surface area contributed by atoms with Crippen molar-refractivity contribution in [3.8, 4) is 12.3 Å². The van der Waals surface area contributed by atoms with Crippen LogP contribution in [-0.2, 0) is 4.79 Å². The number of non-ortho nitro benzene ring substituents is 1. The quantitative estimate of drug-likeness (QED) is 0.352. The van der Waals surface area contributed by atoms with Crippen LogP contribution in [0.5, 0.6) is 0 Å². The molecule has 0 spiro atoms. The minimum absolute atomic E-state index is 0.0688. The molecule has 0 aromatic heterocycles. The van der Waals surface area contributed by atoms with Gasteiger partial charge < -0.3 is 5.32 Å². The van der Waals surface area contributed by atoms with Gasteiger partial charge in [0.2, 0.25) is 5.91 Å². The summed E-state index contributed by atoms with van der Waals surface area (Å²) in [7, 11) is 0. The van der Waals surface area contributed by atoms with Crippen molar-refractivity contribution in [3.05, 3.63) is 34.1 Å². The molecule has 1 aromatic rings. The van der Waals surface area contributed by atoms with Gasteiger partial charge in [-0.1, -0.05) is 5.92 Å². The van der Waals surface area contributed by atoms with E-state index in [-0.39, 0.29) is 24.5 Å². The van der Waals surface area contributed by atoms with Crippen molar-refractivity contribution in [2.75, 3.05) is 18.4 Å². The summed E-state index contributed by atoms with van der Waals surface area (Å²) in [5.74, 6) is 0.924. The smallest absolute Gasteiger partial charge is 0.272 e. The molecule has 0 saturated heterocycles. The van der Waals surface area contributed by atoms with Gasteiger partial charge in [0.15, 0.2) is 5.82 Å². The Morgan fingerprint density at radius 3 is 2.83 bits per heavy atom. The molecule has 1 aromatic carbocycles. The van der Waals surface area contributed by atoms with Gasteiger partial charge in [-0.25, -0.2) is 4.39 Å². The molecule has 0 aliphatic carbocycles. The maximum absolute atomic E-state index is 13.4. The number of hydrogen-bond donors (Lipinski definition) is 2. The minimum Gasteiger partial charge on any atom is -0.322 e. The van der Waals surface area contributed by atoms with E-state index in [0.717, 1.165) is 18.2 Å². The van der Waals surface area contributed by atoms with Crippen molar-refractivity contribution in [2.45, 2.75) is 0 Å². The Hall–Kier alpha value is -2.46. The number of amides is 1. The summed E-state index contributed by atoms with van der Waals surface area (Å²) in [6.07, 6.45) is 4.97. The standard InChI is InChI=1S/C11H10FN3O3/c1-2-5-13-7-11(16)14-10-4-3-8(15(17)18)6-9(10)12/h1,3-4,6,13H,5,7H2,(H,14,16). The highest BCUT2D eigenvalue weighted by Gasteiger charge is 2.12. The Morgan fingerprint density at radius 1 is 1.56 bits per heavy atom. The van der Waals surface area contributed by atoms with E-state index < -0.39 is 16.6 Å². The molecular weight excluding hydrogens is 241 g/mol. The molecule has 6 nitrogen and oxygen atoms in total. The summed E-state index contributed by atoms with van der Waals surface area (Å²) < 4.78 is 13.4. The van der Waals surface area contributed by atoms with Crippen LogP contribution in [0.1, 0.15) is 0 Å². The van der Waals surface area contributed by atoms with Crippen LogP contribution >= 0.6 is 0 Å². The van der Waals surface area contributed by atoms with Gasteiger partial charge in [-0.15, -0.1) is 6.42 Å². The average molecular weight is 251 g/mol. The fraction of sp³-hybridized carbons (Fsp3) is 0.182.